The van der Waals surface area contributed by atoms with Crippen molar-refractivity contribution in [1.29, 1.82) is 0 Å². The molecule has 0 amide bonds. The first kappa shape index (κ1) is 14.8. The van der Waals surface area contributed by atoms with E-state index in [9.17, 15) is 4.79 Å². The molecule has 0 fully saturated rings. The third-order valence-electron chi connectivity index (χ3n) is 3.10. The number of carbonyl (C=O) groups is 1. The number of nitrogens with zero attached hydrogens (tertiary/aromatic N) is 4. The summed E-state index contributed by atoms with van der Waals surface area (Å²) < 4.78 is 5.61. The summed E-state index contributed by atoms with van der Waals surface area (Å²) in [5.74, 6) is 0.894. The number of ketones is 1. The second-order valence-corrected chi connectivity index (χ2v) is 4.98. The van der Waals surface area contributed by atoms with Gasteiger partial charge in [0.05, 0.1) is 18.8 Å². The Labute approximate surface area is 133 Å². The molecular formula is C17H14N4O2. The van der Waals surface area contributed by atoms with Gasteiger partial charge in [-0.1, -0.05) is 0 Å². The smallest absolute Gasteiger partial charge is 0.187 e. The van der Waals surface area contributed by atoms with Gasteiger partial charge in [0.2, 0.25) is 0 Å². The first-order valence-corrected chi connectivity index (χ1v) is 7.04. The molecule has 3 rings (SSSR count). The van der Waals surface area contributed by atoms with E-state index in [1.165, 1.54) is 12.5 Å². The molecular weight excluding hydrogens is 292 g/mol. The third-order valence-corrected chi connectivity index (χ3v) is 3.10. The topological polar surface area (TPSA) is 77.9 Å². The molecule has 3 aromatic rings. The molecule has 0 aromatic carbocycles. The van der Waals surface area contributed by atoms with Crippen molar-refractivity contribution in [2.24, 2.45) is 0 Å². The lowest BCUT2D eigenvalue weighted by molar-refractivity contribution is 0.0987. The Hall–Kier alpha value is -3.15. The zero-order chi connectivity index (χ0) is 16.1. The maximum absolute atomic E-state index is 12.3. The second kappa shape index (κ2) is 6.74. The summed E-state index contributed by atoms with van der Waals surface area (Å²) in [7, 11) is 0. The summed E-state index contributed by atoms with van der Waals surface area (Å²) in [6.07, 6.45) is 7.95. The zero-order valence-electron chi connectivity index (χ0n) is 12.5. The molecule has 0 unspecified atom stereocenters. The summed E-state index contributed by atoms with van der Waals surface area (Å²) in [4.78, 5) is 28.4. The van der Waals surface area contributed by atoms with Crippen LogP contribution in [0.25, 0.3) is 0 Å². The average Bonchev–Trinajstić information content (AvgIpc) is 2.56. The van der Waals surface area contributed by atoms with Crippen LogP contribution in [0.1, 0.15) is 21.7 Å². The molecule has 0 aliphatic heterocycles. The van der Waals surface area contributed by atoms with Crippen molar-refractivity contribution in [1.82, 2.24) is 19.9 Å². The molecule has 0 aliphatic carbocycles. The van der Waals surface area contributed by atoms with Crippen molar-refractivity contribution in [2.45, 2.75) is 13.3 Å². The minimum absolute atomic E-state index is 0.113. The van der Waals surface area contributed by atoms with Crippen molar-refractivity contribution < 1.29 is 9.53 Å². The predicted molar refractivity (Wildman–Crippen MR) is 83.4 cm³/mol. The van der Waals surface area contributed by atoms with Crippen molar-refractivity contribution in [2.75, 3.05) is 0 Å². The van der Waals surface area contributed by atoms with Crippen molar-refractivity contribution in [3.05, 3.63) is 72.3 Å². The zero-order valence-corrected chi connectivity index (χ0v) is 12.5. The molecule has 114 valence electrons. The van der Waals surface area contributed by atoms with Gasteiger partial charge < -0.3 is 4.74 Å². The molecule has 0 N–H and O–H groups in total. The molecule has 0 saturated heterocycles. The van der Waals surface area contributed by atoms with E-state index in [-0.39, 0.29) is 12.2 Å². The van der Waals surface area contributed by atoms with Crippen LogP contribution < -0.4 is 4.74 Å². The fourth-order valence-electron chi connectivity index (χ4n) is 2.05. The van der Waals surface area contributed by atoms with E-state index in [2.05, 4.69) is 19.9 Å². The number of pyridine rings is 2. The van der Waals surface area contributed by atoms with Crippen LogP contribution in [0.3, 0.4) is 0 Å². The number of carbonyl (C=O) groups excluding carboxylic acids is 1. The van der Waals surface area contributed by atoms with Crippen LogP contribution in [0.5, 0.6) is 11.5 Å². The van der Waals surface area contributed by atoms with Gasteiger partial charge in [0.1, 0.15) is 17.8 Å². The summed E-state index contributed by atoms with van der Waals surface area (Å²) in [6.45, 7) is 1.96. The van der Waals surface area contributed by atoms with Crippen LogP contribution in [-0.2, 0) is 6.42 Å². The van der Waals surface area contributed by atoms with Crippen LogP contribution >= 0.6 is 0 Å². The maximum Gasteiger partial charge on any atom is 0.187 e. The minimum atomic E-state index is -0.113. The molecule has 0 saturated carbocycles. The van der Waals surface area contributed by atoms with E-state index in [1.54, 1.807) is 30.7 Å². The van der Waals surface area contributed by atoms with Crippen LogP contribution in [-0.4, -0.2) is 25.7 Å². The fraction of sp³-hybridized carbons (Fsp3) is 0.118. The summed E-state index contributed by atoms with van der Waals surface area (Å²) in [5.41, 5.74) is 2.12. The fourth-order valence-corrected chi connectivity index (χ4v) is 2.05. The molecule has 0 radical (unpaired) electrons. The maximum atomic E-state index is 12.3. The van der Waals surface area contributed by atoms with Crippen LogP contribution in [0, 0.1) is 6.92 Å². The molecule has 23 heavy (non-hydrogen) atoms. The van der Waals surface area contributed by atoms with Crippen LogP contribution in [0.4, 0.5) is 0 Å². The Morgan fingerprint density at radius 3 is 2.61 bits per heavy atom. The lowest BCUT2D eigenvalue weighted by Crippen LogP contribution is -2.07. The normalized spacial score (nSPS) is 10.3. The lowest BCUT2D eigenvalue weighted by Gasteiger charge is -2.06. The Balaban J connectivity index is 1.75. The number of ether oxygens (including phenoxy) is 1. The Bertz CT molecular complexity index is 822. The van der Waals surface area contributed by atoms with Gasteiger partial charge in [-0.3, -0.25) is 14.8 Å². The molecule has 6 nitrogen and oxygen atoms in total. The molecule has 3 aromatic heterocycles. The van der Waals surface area contributed by atoms with Gasteiger partial charge in [-0.25, -0.2) is 9.97 Å². The molecule has 0 atom stereocenters. The standard InChI is InChI=1S/C17H14N4O2/c1-12-2-4-20-13(6-12)7-17(22)16-8-14(3-5-21-16)23-15-9-18-11-19-10-15/h2-6,8-11H,7H2,1H3. The first-order valence-electron chi connectivity index (χ1n) is 7.04. The predicted octanol–water partition coefficient (Wildman–Crippen LogP) is 2.79. The van der Waals surface area contributed by atoms with Gasteiger partial charge in [0, 0.05) is 24.2 Å². The monoisotopic (exact) mass is 306 g/mol. The second-order valence-electron chi connectivity index (χ2n) is 4.98. The van der Waals surface area contributed by atoms with Crippen LogP contribution in [0.2, 0.25) is 0 Å². The van der Waals surface area contributed by atoms with E-state index in [0.717, 1.165) is 11.3 Å². The van der Waals surface area contributed by atoms with E-state index in [4.69, 9.17) is 4.74 Å². The van der Waals surface area contributed by atoms with Crippen molar-refractivity contribution in [3.8, 4) is 11.5 Å². The van der Waals surface area contributed by atoms with Gasteiger partial charge in [-0.2, -0.15) is 0 Å². The SMILES string of the molecule is Cc1ccnc(CC(=O)c2cc(Oc3cncnc3)ccn2)c1. The number of Topliss-reactive ketones (excluding diaryl/α,β-unsaturated/α-hetero) is 1. The van der Waals surface area contributed by atoms with Gasteiger partial charge in [0.15, 0.2) is 11.5 Å². The van der Waals surface area contributed by atoms with Crippen molar-refractivity contribution >= 4 is 5.78 Å². The molecule has 0 bridgehead atoms. The summed E-state index contributed by atoms with van der Waals surface area (Å²) in [6, 6.07) is 7.06. The molecule has 0 aliphatic rings. The Kier molecular flexibility index (Phi) is 4.33. The van der Waals surface area contributed by atoms with Crippen LogP contribution in [0.15, 0.2) is 55.4 Å². The Morgan fingerprint density at radius 1 is 1.04 bits per heavy atom. The highest BCUT2D eigenvalue weighted by Crippen LogP contribution is 2.20. The highest BCUT2D eigenvalue weighted by molar-refractivity contribution is 5.95. The quantitative estimate of drug-likeness (QED) is 0.674. The van der Waals surface area contributed by atoms with Gasteiger partial charge in [-0.05, 0) is 30.7 Å². The number of aromatic nitrogens is 4. The first-order chi connectivity index (χ1) is 11.2. The van der Waals surface area contributed by atoms with Gasteiger partial charge in [0.25, 0.3) is 0 Å². The molecule has 0 spiro atoms. The minimum Gasteiger partial charge on any atom is -0.454 e. The van der Waals surface area contributed by atoms with E-state index < -0.39 is 0 Å². The number of aryl methyl sites for hydroxylation is 1. The number of rotatable bonds is 5. The third kappa shape index (κ3) is 3.94. The summed E-state index contributed by atoms with van der Waals surface area (Å²) in [5, 5.41) is 0. The van der Waals surface area contributed by atoms with E-state index in [0.29, 0.717) is 17.2 Å². The number of hydrogen-bond acceptors (Lipinski definition) is 6. The van der Waals surface area contributed by atoms with Gasteiger partial charge >= 0.3 is 0 Å². The highest BCUT2D eigenvalue weighted by Gasteiger charge is 2.11. The van der Waals surface area contributed by atoms with E-state index >= 15 is 0 Å². The molecule has 6 heteroatoms. The Morgan fingerprint density at radius 2 is 1.83 bits per heavy atom. The highest BCUT2D eigenvalue weighted by atomic mass is 16.5. The largest absolute Gasteiger partial charge is 0.454 e. The summed E-state index contributed by atoms with van der Waals surface area (Å²) >= 11 is 0. The molecule has 3 heterocycles. The number of hydrogen-bond donors (Lipinski definition) is 0. The average molecular weight is 306 g/mol. The lowest BCUT2D eigenvalue weighted by atomic mass is 10.1. The van der Waals surface area contributed by atoms with Crippen molar-refractivity contribution in [3.63, 3.8) is 0 Å². The van der Waals surface area contributed by atoms with Gasteiger partial charge in [-0.15, -0.1) is 0 Å². The van der Waals surface area contributed by atoms with E-state index in [1.807, 2.05) is 19.1 Å².